The maximum absolute atomic E-state index is 14.1. The van der Waals surface area contributed by atoms with Gasteiger partial charge in [-0.15, -0.1) is 0 Å². The molecule has 0 fully saturated rings. The number of nitrogens with one attached hydrogen (secondary N) is 1. The van der Waals surface area contributed by atoms with Crippen molar-refractivity contribution >= 4 is 52.3 Å². The van der Waals surface area contributed by atoms with Crippen molar-refractivity contribution in [3.63, 3.8) is 0 Å². The first-order valence-corrected chi connectivity index (χ1v) is 10.4. The predicted molar refractivity (Wildman–Crippen MR) is 118 cm³/mol. The van der Waals surface area contributed by atoms with Crippen molar-refractivity contribution in [2.75, 3.05) is 5.32 Å². The van der Waals surface area contributed by atoms with Crippen molar-refractivity contribution in [2.45, 2.75) is 44.6 Å². The van der Waals surface area contributed by atoms with Gasteiger partial charge in [-0.1, -0.05) is 40.0 Å². The number of benzene rings is 2. The van der Waals surface area contributed by atoms with E-state index in [1.165, 1.54) is 24.3 Å². The van der Waals surface area contributed by atoms with Gasteiger partial charge in [-0.2, -0.15) is 13.2 Å². The summed E-state index contributed by atoms with van der Waals surface area (Å²) in [5.41, 5.74) is -3.48. The standard InChI is InChI=1S/C21H18Cl3F3N2O3/c1-19(2,3)31-18(30)15-9-14(4-5-16(15)24)28-17-10-20(32-29-17,21(25,26)27)11-6-12(22)8-13(23)7-11/h4-9H,10H2,1-3H3,(H,28,29). The van der Waals surface area contributed by atoms with Crippen LogP contribution in [0.3, 0.4) is 0 Å². The molecule has 5 nitrogen and oxygen atoms in total. The first-order chi connectivity index (χ1) is 14.7. The van der Waals surface area contributed by atoms with E-state index >= 15 is 0 Å². The molecule has 1 N–H and O–H groups in total. The van der Waals surface area contributed by atoms with Crippen LogP contribution in [0.15, 0.2) is 41.6 Å². The molecule has 1 aliphatic rings. The lowest BCUT2D eigenvalue weighted by molar-refractivity contribution is -0.275. The van der Waals surface area contributed by atoms with Crippen LogP contribution in [0, 0.1) is 0 Å². The fourth-order valence-electron chi connectivity index (χ4n) is 3.02. The van der Waals surface area contributed by atoms with E-state index in [0.717, 1.165) is 12.1 Å². The van der Waals surface area contributed by atoms with Crippen LogP contribution in [0.25, 0.3) is 0 Å². The Morgan fingerprint density at radius 3 is 2.28 bits per heavy atom. The van der Waals surface area contributed by atoms with Gasteiger partial charge in [0.05, 0.1) is 17.0 Å². The van der Waals surface area contributed by atoms with Gasteiger partial charge in [0, 0.05) is 21.3 Å². The Bertz CT molecular complexity index is 1060. The fraction of sp³-hybridized carbons (Fsp3) is 0.333. The van der Waals surface area contributed by atoms with E-state index in [4.69, 9.17) is 44.4 Å². The third-order valence-electron chi connectivity index (χ3n) is 4.39. The largest absolute Gasteiger partial charge is 0.456 e. The second-order valence-corrected chi connectivity index (χ2v) is 9.39. The molecule has 0 bridgehead atoms. The Hall–Kier alpha value is -2.16. The van der Waals surface area contributed by atoms with E-state index in [0.29, 0.717) is 0 Å². The first-order valence-electron chi connectivity index (χ1n) is 9.28. The molecule has 1 atom stereocenters. The van der Waals surface area contributed by atoms with Crippen LogP contribution in [0.1, 0.15) is 43.1 Å². The average Bonchev–Trinajstić information content (AvgIpc) is 3.06. The summed E-state index contributed by atoms with van der Waals surface area (Å²) in [5, 5.41) is 6.53. The van der Waals surface area contributed by atoms with Gasteiger partial charge in [-0.3, -0.25) is 0 Å². The molecule has 172 valence electrons. The molecule has 0 amide bonds. The molecule has 2 aromatic carbocycles. The Morgan fingerprint density at radius 2 is 1.72 bits per heavy atom. The molecule has 0 spiro atoms. The summed E-state index contributed by atoms with van der Waals surface area (Å²) < 4.78 is 47.5. The molecule has 1 aliphatic heterocycles. The van der Waals surface area contributed by atoms with Crippen molar-refractivity contribution in [2.24, 2.45) is 5.16 Å². The molecular weight excluding hydrogens is 492 g/mol. The molecule has 0 saturated carbocycles. The number of rotatable bonds is 3. The minimum Gasteiger partial charge on any atom is -0.456 e. The highest BCUT2D eigenvalue weighted by atomic mass is 35.5. The van der Waals surface area contributed by atoms with Crippen molar-refractivity contribution in [3.05, 3.63) is 62.6 Å². The topological polar surface area (TPSA) is 59.9 Å². The van der Waals surface area contributed by atoms with Gasteiger partial charge in [-0.05, 0) is 57.2 Å². The number of oxime groups is 1. The SMILES string of the molecule is CC(C)(C)OC(=O)c1cc(NC2=NOC(c3cc(Cl)cc(Cl)c3)(C(F)(F)F)C2)ccc1Cl. The number of hydrogen-bond acceptors (Lipinski definition) is 5. The van der Waals surface area contributed by atoms with E-state index < -0.39 is 29.8 Å². The third kappa shape index (κ3) is 5.24. The summed E-state index contributed by atoms with van der Waals surface area (Å²) >= 11 is 17.9. The second-order valence-electron chi connectivity index (χ2n) is 8.11. The van der Waals surface area contributed by atoms with E-state index in [9.17, 15) is 18.0 Å². The number of esters is 1. The van der Waals surface area contributed by atoms with E-state index in [1.807, 2.05) is 0 Å². The molecule has 2 aromatic rings. The zero-order valence-corrected chi connectivity index (χ0v) is 19.4. The number of nitrogens with zero attached hydrogens (tertiary/aromatic N) is 1. The van der Waals surface area contributed by atoms with Gasteiger partial charge in [0.15, 0.2) is 5.84 Å². The number of ether oxygens (including phenoxy) is 1. The zero-order chi connectivity index (χ0) is 23.9. The number of anilines is 1. The monoisotopic (exact) mass is 508 g/mol. The molecule has 0 aromatic heterocycles. The maximum atomic E-state index is 14.1. The molecule has 0 radical (unpaired) electrons. The van der Waals surface area contributed by atoms with Gasteiger partial charge in [0.25, 0.3) is 5.60 Å². The summed E-state index contributed by atoms with van der Waals surface area (Å²) in [6.45, 7) is 5.10. The van der Waals surface area contributed by atoms with Crippen LogP contribution in [-0.4, -0.2) is 23.6 Å². The van der Waals surface area contributed by atoms with Crippen LogP contribution < -0.4 is 5.32 Å². The van der Waals surface area contributed by atoms with Gasteiger partial charge in [0.2, 0.25) is 0 Å². The first kappa shape index (κ1) is 24.5. The number of carbonyl (C=O) groups excluding carboxylic acids is 1. The minimum absolute atomic E-state index is 0.0286. The fourth-order valence-corrected chi connectivity index (χ4v) is 3.74. The normalized spacial score (nSPS) is 18.7. The van der Waals surface area contributed by atoms with Crippen LogP contribution in [0.4, 0.5) is 18.9 Å². The zero-order valence-electron chi connectivity index (χ0n) is 17.1. The molecule has 1 unspecified atom stereocenters. The highest BCUT2D eigenvalue weighted by Gasteiger charge is 2.62. The summed E-state index contributed by atoms with van der Waals surface area (Å²) in [6, 6.07) is 7.85. The molecule has 0 saturated heterocycles. The number of carbonyl (C=O) groups is 1. The minimum atomic E-state index is -4.82. The van der Waals surface area contributed by atoms with Crippen molar-refractivity contribution in [3.8, 4) is 0 Å². The van der Waals surface area contributed by atoms with Crippen LogP contribution in [0.5, 0.6) is 0 Å². The van der Waals surface area contributed by atoms with E-state index in [1.54, 1.807) is 20.8 Å². The predicted octanol–water partition coefficient (Wildman–Crippen LogP) is 7.21. The van der Waals surface area contributed by atoms with Crippen LogP contribution in [-0.2, 0) is 15.2 Å². The summed E-state index contributed by atoms with van der Waals surface area (Å²) in [5.74, 6) is -0.787. The van der Waals surface area contributed by atoms with E-state index in [2.05, 4.69) is 10.5 Å². The number of halogens is 6. The average molecular weight is 510 g/mol. The number of alkyl halides is 3. The molecule has 1 heterocycles. The molecule has 0 aliphatic carbocycles. The highest BCUT2D eigenvalue weighted by molar-refractivity contribution is 6.35. The Balaban J connectivity index is 1.87. The Labute approximate surface area is 197 Å². The molecule has 11 heteroatoms. The third-order valence-corrected chi connectivity index (χ3v) is 5.15. The highest BCUT2D eigenvalue weighted by Crippen LogP contribution is 2.49. The maximum Gasteiger partial charge on any atom is 0.435 e. The van der Waals surface area contributed by atoms with Crippen molar-refractivity contribution < 1.29 is 27.5 Å². The van der Waals surface area contributed by atoms with Gasteiger partial charge in [-0.25, -0.2) is 4.79 Å². The van der Waals surface area contributed by atoms with Crippen LogP contribution >= 0.6 is 34.8 Å². The lowest BCUT2D eigenvalue weighted by Gasteiger charge is -2.29. The lowest BCUT2D eigenvalue weighted by atomic mass is 9.89. The second kappa shape index (κ2) is 8.65. The molecular formula is C21H18Cl3F3N2O3. The molecule has 3 rings (SSSR count). The summed E-state index contributed by atoms with van der Waals surface area (Å²) in [4.78, 5) is 17.3. The quantitative estimate of drug-likeness (QED) is 0.444. The lowest BCUT2D eigenvalue weighted by Crippen LogP contribution is -2.43. The van der Waals surface area contributed by atoms with Crippen molar-refractivity contribution in [1.82, 2.24) is 0 Å². The van der Waals surface area contributed by atoms with Crippen molar-refractivity contribution in [1.29, 1.82) is 0 Å². The summed E-state index contributed by atoms with van der Waals surface area (Å²) in [7, 11) is 0. The van der Waals surface area contributed by atoms with Crippen LogP contribution in [0.2, 0.25) is 15.1 Å². The number of hydrogen-bond donors (Lipinski definition) is 1. The van der Waals surface area contributed by atoms with Gasteiger partial charge < -0.3 is 14.9 Å². The molecule has 32 heavy (non-hydrogen) atoms. The summed E-state index contributed by atoms with van der Waals surface area (Å²) in [6.07, 6.45) is -5.49. The smallest absolute Gasteiger partial charge is 0.435 e. The van der Waals surface area contributed by atoms with Gasteiger partial charge in [0.1, 0.15) is 5.60 Å². The Kier molecular flexibility index (Phi) is 6.62. The number of amidine groups is 1. The van der Waals surface area contributed by atoms with E-state index in [-0.39, 0.29) is 37.7 Å². The Morgan fingerprint density at radius 1 is 1.09 bits per heavy atom. The van der Waals surface area contributed by atoms with Gasteiger partial charge >= 0.3 is 12.1 Å².